The molecule has 1 aliphatic carbocycles. The molecule has 17 heavy (non-hydrogen) atoms. The smallest absolute Gasteiger partial charge is 0.431 e. The van der Waals surface area contributed by atoms with Crippen molar-refractivity contribution in [3.05, 3.63) is 35.9 Å². The van der Waals surface area contributed by atoms with Crippen LogP contribution in [0, 0.1) is 0 Å². The highest BCUT2D eigenvalue weighted by atomic mass is 16.7. The van der Waals surface area contributed by atoms with E-state index in [0.29, 0.717) is 0 Å². The zero-order chi connectivity index (χ0) is 11.9. The van der Waals surface area contributed by atoms with Crippen molar-refractivity contribution in [1.29, 1.82) is 0 Å². The quantitative estimate of drug-likeness (QED) is 0.748. The molecule has 0 saturated heterocycles. The SMILES string of the molecule is O=C(OCc1ccccc1)OC1CCCCC1. The van der Waals surface area contributed by atoms with Crippen LogP contribution in [0.25, 0.3) is 0 Å². The average molecular weight is 234 g/mol. The number of benzene rings is 1. The Bertz CT molecular complexity index is 342. The Morgan fingerprint density at radius 1 is 1.12 bits per heavy atom. The first-order chi connectivity index (χ1) is 8.34. The van der Waals surface area contributed by atoms with E-state index in [1.807, 2.05) is 30.3 Å². The monoisotopic (exact) mass is 234 g/mol. The Hall–Kier alpha value is -1.51. The van der Waals surface area contributed by atoms with Gasteiger partial charge < -0.3 is 9.47 Å². The zero-order valence-corrected chi connectivity index (χ0v) is 9.93. The molecule has 2 rings (SSSR count). The predicted molar refractivity (Wildman–Crippen MR) is 64.6 cm³/mol. The molecule has 1 fully saturated rings. The fourth-order valence-electron chi connectivity index (χ4n) is 2.07. The maximum atomic E-state index is 11.4. The van der Waals surface area contributed by atoms with Crippen molar-refractivity contribution in [2.45, 2.75) is 44.8 Å². The molecule has 1 aliphatic rings. The lowest BCUT2D eigenvalue weighted by Crippen LogP contribution is -2.21. The molecule has 0 atom stereocenters. The summed E-state index contributed by atoms with van der Waals surface area (Å²) in [5, 5.41) is 0. The maximum absolute atomic E-state index is 11.4. The van der Waals surface area contributed by atoms with Crippen LogP contribution in [-0.2, 0) is 16.1 Å². The summed E-state index contributed by atoms with van der Waals surface area (Å²) in [5.41, 5.74) is 0.980. The van der Waals surface area contributed by atoms with E-state index < -0.39 is 6.16 Å². The van der Waals surface area contributed by atoms with Crippen molar-refractivity contribution >= 4 is 6.16 Å². The fourth-order valence-corrected chi connectivity index (χ4v) is 2.07. The third-order valence-electron chi connectivity index (χ3n) is 3.01. The van der Waals surface area contributed by atoms with E-state index in [2.05, 4.69) is 0 Å². The minimum absolute atomic E-state index is 0.0621. The number of hydrogen-bond acceptors (Lipinski definition) is 3. The molecular formula is C14H18O3. The van der Waals surface area contributed by atoms with Crippen molar-refractivity contribution in [3.63, 3.8) is 0 Å². The van der Waals surface area contributed by atoms with E-state index in [0.717, 1.165) is 31.2 Å². The van der Waals surface area contributed by atoms with Gasteiger partial charge in [-0.3, -0.25) is 0 Å². The van der Waals surface area contributed by atoms with Gasteiger partial charge >= 0.3 is 6.16 Å². The zero-order valence-electron chi connectivity index (χ0n) is 9.93. The van der Waals surface area contributed by atoms with Crippen LogP contribution in [0.2, 0.25) is 0 Å². The molecule has 0 N–H and O–H groups in total. The topological polar surface area (TPSA) is 35.5 Å². The molecule has 1 aromatic carbocycles. The van der Waals surface area contributed by atoms with Gasteiger partial charge in [-0.1, -0.05) is 36.8 Å². The fraction of sp³-hybridized carbons (Fsp3) is 0.500. The van der Waals surface area contributed by atoms with E-state index in [1.54, 1.807) is 0 Å². The lowest BCUT2D eigenvalue weighted by molar-refractivity contribution is 0.00732. The number of carbonyl (C=O) groups is 1. The standard InChI is InChI=1S/C14H18O3/c15-14(17-13-9-5-2-6-10-13)16-11-12-7-3-1-4-8-12/h1,3-4,7-8,13H,2,5-6,9-11H2. The molecule has 0 aromatic heterocycles. The van der Waals surface area contributed by atoms with Gasteiger partial charge in [0.1, 0.15) is 12.7 Å². The Morgan fingerprint density at radius 3 is 2.53 bits per heavy atom. The van der Waals surface area contributed by atoms with Gasteiger partial charge in [-0.05, 0) is 31.2 Å². The van der Waals surface area contributed by atoms with Gasteiger partial charge in [-0.25, -0.2) is 4.79 Å². The van der Waals surface area contributed by atoms with Crippen LogP contribution in [0.15, 0.2) is 30.3 Å². The van der Waals surface area contributed by atoms with Gasteiger partial charge in [-0.2, -0.15) is 0 Å². The van der Waals surface area contributed by atoms with Gasteiger partial charge in [0.25, 0.3) is 0 Å². The van der Waals surface area contributed by atoms with Crippen LogP contribution in [-0.4, -0.2) is 12.3 Å². The summed E-state index contributed by atoms with van der Waals surface area (Å²) >= 11 is 0. The van der Waals surface area contributed by atoms with Crippen LogP contribution in [0.5, 0.6) is 0 Å². The summed E-state index contributed by atoms with van der Waals surface area (Å²) in [4.78, 5) is 11.4. The van der Waals surface area contributed by atoms with E-state index in [9.17, 15) is 4.79 Å². The second-order valence-corrected chi connectivity index (χ2v) is 4.40. The van der Waals surface area contributed by atoms with Crippen LogP contribution >= 0.6 is 0 Å². The largest absolute Gasteiger partial charge is 0.508 e. The summed E-state index contributed by atoms with van der Waals surface area (Å²) in [5.74, 6) is 0. The average Bonchev–Trinajstić information content (AvgIpc) is 2.39. The molecule has 92 valence electrons. The highest BCUT2D eigenvalue weighted by Crippen LogP contribution is 2.20. The maximum Gasteiger partial charge on any atom is 0.508 e. The van der Waals surface area contributed by atoms with Crippen molar-refractivity contribution in [2.75, 3.05) is 0 Å². The second-order valence-electron chi connectivity index (χ2n) is 4.40. The third-order valence-corrected chi connectivity index (χ3v) is 3.01. The normalized spacial score (nSPS) is 16.5. The molecule has 0 heterocycles. The van der Waals surface area contributed by atoms with Crippen LogP contribution < -0.4 is 0 Å². The second kappa shape index (κ2) is 6.28. The molecule has 0 spiro atoms. The van der Waals surface area contributed by atoms with Crippen LogP contribution in [0.1, 0.15) is 37.7 Å². The Labute approximate surface area is 102 Å². The van der Waals surface area contributed by atoms with Crippen LogP contribution in [0.4, 0.5) is 4.79 Å². The Balaban J connectivity index is 1.70. The number of ether oxygens (including phenoxy) is 2. The lowest BCUT2D eigenvalue weighted by Gasteiger charge is -2.21. The van der Waals surface area contributed by atoms with Crippen LogP contribution in [0.3, 0.4) is 0 Å². The molecule has 0 aliphatic heterocycles. The highest BCUT2D eigenvalue weighted by Gasteiger charge is 2.18. The van der Waals surface area contributed by atoms with Crippen molar-refractivity contribution < 1.29 is 14.3 Å². The number of rotatable bonds is 3. The molecule has 0 bridgehead atoms. The molecular weight excluding hydrogens is 216 g/mol. The van der Waals surface area contributed by atoms with Crippen molar-refractivity contribution in [3.8, 4) is 0 Å². The number of carbonyl (C=O) groups excluding carboxylic acids is 1. The predicted octanol–water partition coefficient (Wildman–Crippen LogP) is 3.67. The molecule has 3 nitrogen and oxygen atoms in total. The van der Waals surface area contributed by atoms with Crippen molar-refractivity contribution in [1.82, 2.24) is 0 Å². The first-order valence-electron chi connectivity index (χ1n) is 6.22. The molecule has 1 aromatic rings. The minimum atomic E-state index is -0.541. The van der Waals surface area contributed by atoms with Crippen molar-refractivity contribution in [2.24, 2.45) is 0 Å². The first kappa shape index (κ1) is 12.0. The van der Waals surface area contributed by atoms with E-state index in [-0.39, 0.29) is 12.7 Å². The molecule has 0 amide bonds. The van der Waals surface area contributed by atoms with Gasteiger partial charge in [0.15, 0.2) is 0 Å². The summed E-state index contributed by atoms with van der Waals surface area (Å²) in [6.07, 6.45) is 5.01. The first-order valence-corrected chi connectivity index (χ1v) is 6.22. The molecule has 0 radical (unpaired) electrons. The van der Waals surface area contributed by atoms with Gasteiger partial charge in [0.05, 0.1) is 0 Å². The summed E-state index contributed by atoms with van der Waals surface area (Å²) in [6.45, 7) is 0.284. The molecule has 0 unspecified atom stereocenters. The van der Waals surface area contributed by atoms with E-state index in [1.165, 1.54) is 6.42 Å². The number of hydrogen-bond donors (Lipinski definition) is 0. The summed E-state index contributed by atoms with van der Waals surface area (Å²) in [7, 11) is 0. The van der Waals surface area contributed by atoms with E-state index >= 15 is 0 Å². The molecule has 1 saturated carbocycles. The Kier molecular flexibility index (Phi) is 4.42. The van der Waals surface area contributed by atoms with Gasteiger partial charge in [0.2, 0.25) is 0 Å². The van der Waals surface area contributed by atoms with Gasteiger partial charge in [0, 0.05) is 0 Å². The molecule has 3 heteroatoms. The minimum Gasteiger partial charge on any atom is -0.431 e. The van der Waals surface area contributed by atoms with E-state index in [4.69, 9.17) is 9.47 Å². The summed E-state index contributed by atoms with van der Waals surface area (Å²) in [6, 6.07) is 9.63. The summed E-state index contributed by atoms with van der Waals surface area (Å²) < 4.78 is 10.3. The lowest BCUT2D eigenvalue weighted by atomic mass is 9.98. The third kappa shape index (κ3) is 4.10. The Morgan fingerprint density at radius 2 is 1.82 bits per heavy atom. The highest BCUT2D eigenvalue weighted by molar-refractivity contribution is 5.60. The van der Waals surface area contributed by atoms with Gasteiger partial charge in [-0.15, -0.1) is 0 Å².